The van der Waals surface area contributed by atoms with Crippen LogP contribution in [0.1, 0.15) is 28.4 Å². The number of nitrogens with zero attached hydrogens (tertiary/aromatic N) is 1. The summed E-state index contributed by atoms with van der Waals surface area (Å²) < 4.78 is 19.0. The Morgan fingerprint density at radius 2 is 1.72 bits per heavy atom. The van der Waals surface area contributed by atoms with Gasteiger partial charge in [-0.3, -0.25) is 0 Å². The van der Waals surface area contributed by atoms with Crippen LogP contribution < -0.4 is 5.32 Å². The van der Waals surface area contributed by atoms with E-state index in [-0.39, 0.29) is 24.8 Å². The zero-order valence-electron chi connectivity index (χ0n) is 15.9. The van der Waals surface area contributed by atoms with Crippen molar-refractivity contribution in [3.8, 4) is 23.0 Å². The van der Waals surface area contributed by atoms with Gasteiger partial charge in [-0.1, -0.05) is 54.5 Å². The number of pyridine rings is 1. The highest BCUT2D eigenvalue weighted by atomic mass is 19.1. The number of nitrogens with one attached hydrogen (secondary N) is 1. The average molecular weight is 386 g/mol. The minimum absolute atomic E-state index is 0.00447. The second-order valence-electron chi connectivity index (χ2n) is 6.76. The van der Waals surface area contributed by atoms with Gasteiger partial charge >= 0.3 is 6.09 Å². The highest BCUT2D eigenvalue weighted by Gasteiger charge is 2.28. The fraction of sp³-hybridized carbons (Fsp3) is 0.167. The van der Waals surface area contributed by atoms with Crippen molar-refractivity contribution in [2.24, 2.45) is 0 Å². The molecule has 1 amide bonds. The van der Waals surface area contributed by atoms with E-state index in [1.165, 1.54) is 17.2 Å². The van der Waals surface area contributed by atoms with Crippen LogP contribution in [0.5, 0.6) is 0 Å². The number of hydrogen-bond donors (Lipinski definition) is 1. The van der Waals surface area contributed by atoms with E-state index in [1.54, 1.807) is 13.0 Å². The third-order valence-corrected chi connectivity index (χ3v) is 4.86. The Labute approximate surface area is 168 Å². The molecular formula is C24H19FN2O2. The van der Waals surface area contributed by atoms with Crippen LogP contribution in [0.4, 0.5) is 9.18 Å². The number of ether oxygens (including phenoxy) is 1. The molecule has 0 spiro atoms. The number of carbonyl (C=O) groups is 1. The van der Waals surface area contributed by atoms with Crippen LogP contribution in [0.2, 0.25) is 0 Å². The minimum Gasteiger partial charge on any atom is -0.449 e. The minimum atomic E-state index is -0.557. The fourth-order valence-electron chi connectivity index (χ4n) is 3.52. The van der Waals surface area contributed by atoms with Crippen LogP contribution in [-0.4, -0.2) is 24.2 Å². The second-order valence-corrected chi connectivity index (χ2v) is 6.76. The van der Waals surface area contributed by atoms with Crippen molar-refractivity contribution < 1.29 is 13.9 Å². The number of alkyl carbamates (subject to hydrolysis) is 1. The van der Waals surface area contributed by atoms with Gasteiger partial charge in [0.2, 0.25) is 0 Å². The molecule has 0 bridgehead atoms. The Hall–Kier alpha value is -3.65. The average Bonchev–Trinajstić information content (AvgIpc) is 3.06. The second kappa shape index (κ2) is 8.15. The van der Waals surface area contributed by atoms with Gasteiger partial charge in [-0.05, 0) is 47.2 Å². The van der Waals surface area contributed by atoms with Crippen molar-refractivity contribution in [3.63, 3.8) is 0 Å². The zero-order chi connectivity index (χ0) is 20.2. The molecule has 0 radical (unpaired) electrons. The first kappa shape index (κ1) is 18.7. The van der Waals surface area contributed by atoms with E-state index in [1.807, 2.05) is 24.3 Å². The predicted molar refractivity (Wildman–Crippen MR) is 109 cm³/mol. The van der Waals surface area contributed by atoms with Crippen LogP contribution in [0.15, 0.2) is 60.7 Å². The lowest BCUT2D eigenvalue weighted by molar-refractivity contribution is 0.144. The van der Waals surface area contributed by atoms with E-state index in [0.717, 1.165) is 11.1 Å². The summed E-state index contributed by atoms with van der Waals surface area (Å²) in [6.07, 6.45) is -0.557. The molecule has 144 valence electrons. The van der Waals surface area contributed by atoms with E-state index >= 15 is 0 Å². The van der Waals surface area contributed by atoms with Crippen LogP contribution in [0.3, 0.4) is 0 Å². The topological polar surface area (TPSA) is 51.2 Å². The summed E-state index contributed by atoms with van der Waals surface area (Å²) in [5.41, 5.74) is 5.41. The molecule has 1 aliphatic rings. The zero-order valence-corrected chi connectivity index (χ0v) is 15.9. The molecule has 0 atom stereocenters. The van der Waals surface area contributed by atoms with E-state index in [4.69, 9.17) is 4.74 Å². The third kappa shape index (κ3) is 3.97. The molecule has 1 N–H and O–H groups in total. The van der Waals surface area contributed by atoms with Gasteiger partial charge in [0.25, 0.3) is 0 Å². The largest absolute Gasteiger partial charge is 0.449 e. The van der Waals surface area contributed by atoms with E-state index in [2.05, 4.69) is 46.4 Å². The monoisotopic (exact) mass is 386 g/mol. The van der Waals surface area contributed by atoms with Gasteiger partial charge < -0.3 is 10.1 Å². The normalized spacial score (nSPS) is 11.8. The molecule has 3 aromatic rings. The van der Waals surface area contributed by atoms with Gasteiger partial charge in [0.15, 0.2) is 5.82 Å². The molecule has 1 aliphatic carbocycles. The molecule has 0 fully saturated rings. The number of hydrogen-bond acceptors (Lipinski definition) is 3. The molecule has 4 nitrogen and oxygen atoms in total. The summed E-state index contributed by atoms with van der Waals surface area (Å²) in [6.45, 7) is 2.05. The maximum atomic E-state index is 13.6. The number of benzene rings is 2. The highest BCUT2D eigenvalue weighted by molar-refractivity contribution is 5.79. The van der Waals surface area contributed by atoms with Crippen LogP contribution in [-0.2, 0) is 4.74 Å². The van der Waals surface area contributed by atoms with Crippen LogP contribution >= 0.6 is 0 Å². The van der Waals surface area contributed by atoms with Gasteiger partial charge in [-0.2, -0.15) is 0 Å². The summed E-state index contributed by atoms with van der Waals surface area (Å²) in [6, 6.07) is 19.2. The highest BCUT2D eigenvalue weighted by Crippen LogP contribution is 2.44. The molecule has 0 saturated heterocycles. The lowest BCUT2D eigenvalue weighted by Crippen LogP contribution is -2.26. The first-order valence-electron chi connectivity index (χ1n) is 9.34. The lowest BCUT2D eigenvalue weighted by atomic mass is 9.98. The molecular weight excluding hydrogens is 367 g/mol. The third-order valence-electron chi connectivity index (χ3n) is 4.86. The van der Waals surface area contributed by atoms with Crippen molar-refractivity contribution in [1.82, 2.24) is 10.3 Å². The Kier molecular flexibility index (Phi) is 5.26. The standard InChI is InChI=1S/C24H19FN2O2/c1-16-12-13-22(25)23(27-16)11-6-14-26-24(28)29-15-21-19-9-4-2-7-17(19)18-8-3-5-10-20(18)21/h2-5,7-10,12-13,21H,14-15H2,1H3,(H,26,28). The maximum absolute atomic E-state index is 13.6. The number of aromatic nitrogens is 1. The molecule has 0 unspecified atom stereocenters. The number of carbonyl (C=O) groups excluding carboxylic acids is 1. The molecule has 4 rings (SSSR count). The van der Waals surface area contributed by atoms with Gasteiger partial charge in [0, 0.05) is 11.6 Å². The first-order chi connectivity index (χ1) is 14.1. The Balaban J connectivity index is 1.36. The predicted octanol–water partition coefficient (Wildman–Crippen LogP) is 4.42. The summed E-state index contributed by atoms with van der Waals surface area (Å²) in [5.74, 6) is 4.84. The van der Waals surface area contributed by atoms with Crippen LogP contribution in [0, 0.1) is 24.6 Å². The number of amides is 1. The van der Waals surface area contributed by atoms with Gasteiger partial charge in [-0.25, -0.2) is 14.2 Å². The molecule has 29 heavy (non-hydrogen) atoms. The Morgan fingerprint density at radius 3 is 2.41 bits per heavy atom. The summed E-state index contributed by atoms with van der Waals surface area (Å²) in [4.78, 5) is 16.1. The van der Waals surface area contributed by atoms with Crippen molar-refractivity contribution in [3.05, 3.63) is 89.0 Å². The summed E-state index contributed by atoms with van der Waals surface area (Å²) >= 11 is 0. The van der Waals surface area contributed by atoms with E-state index < -0.39 is 11.9 Å². The molecule has 5 heteroatoms. The summed E-state index contributed by atoms with van der Waals surface area (Å²) in [7, 11) is 0. The van der Waals surface area contributed by atoms with Gasteiger partial charge in [-0.15, -0.1) is 0 Å². The first-order valence-corrected chi connectivity index (χ1v) is 9.34. The van der Waals surface area contributed by atoms with E-state index in [9.17, 15) is 9.18 Å². The van der Waals surface area contributed by atoms with Crippen LogP contribution in [0.25, 0.3) is 11.1 Å². The quantitative estimate of drug-likeness (QED) is 0.678. The maximum Gasteiger partial charge on any atom is 0.407 e. The molecule has 0 saturated carbocycles. The Morgan fingerprint density at radius 1 is 1.07 bits per heavy atom. The molecule has 1 aromatic heterocycles. The fourth-order valence-corrected chi connectivity index (χ4v) is 3.52. The number of halogens is 1. The van der Waals surface area contributed by atoms with Gasteiger partial charge in [0.05, 0.1) is 6.54 Å². The molecule has 2 aromatic carbocycles. The van der Waals surface area contributed by atoms with Crippen molar-refractivity contribution in [1.29, 1.82) is 0 Å². The summed E-state index contributed by atoms with van der Waals surface area (Å²) in [5, 5.41) is 2.57. The lowest BCUT2D eigenvalue weighted by Gasteiger charge is -2.14. The van der Waals surface area contributed by atoms with Crippen molar-refractivity contribution in [2.75, 3.05) is 13.2 Å². The molecule has 1 heterocycles. The van der Waals surface area contributed by atoms with Crippen molar-refractivity contribution in [2.45, 2.75) is 12.8 Å². The number of fused-ring (bicyclic) bond motifs is 3. The number of rotatable bonds is 3. The molecule has 0 aliphatic heterocycles. The van der Waals surface area contributed by atoms with Crippen molar-refractivity contribution >= 4 is 6.09 Å². The SMILES string of the molecule is Cc1ccc(F)c(C#CCNC(=O)OCC2c3ccccc3-c3ccccc32)n1. The smallest absolute Gasteiger partial charge is 0.407 e. The number of aryl methyl sites for hydroxylation is 1. The Bertz CT molecular complexity index is 1090. The van der Waals surface area contributed by atoms with Gasteiger partial charge in [0.1, 0.15) is 12.3 Å². The van der Waals surface area contributed by atoms with E-state index in [0.29, 0.717) is 5.69 Å².